The van der Waals surface area contributed by atoms with Crippen molar-refractivity contribution in [1.82, 2.24) is 9.80 Å². The molecule has 1 N–H and O–H groups in total. The van der Waals surface area contributed by atoms with Crippen LogP contribution in [-0.2, 0) is 17.9 Å². The summed E-state index contributed by atoms with van der Waals surface area (Å²) in [5, 5.41) is 2.93. The molecule has 0 saturated heterocycles. The number of carbonyl (C=O) groups is 2. The largest absolute Gasteiger partial charge is 0.464 e. The molecule has 8 heteroatoms. The Hall–Kier alpha value is -3.94. The van der Waals surface area contributed by atoms with Gasteiger partial charge in [0.1, 0.15) is 18.1 Å². The molecule has 0 aliphatic carbocycles. The van der Waals surface area contributed by atoms with Crippen LogP contribution in [0.4, 0.5) is 10.5 Å². The van der Waals surface area contributed by atoms with Crippen LogP contribution in [0.3, 0.4) is 0 Å². The lowest BCUT2D eigenvalue weighted by atomic mass is 10.0. The van der Waals surface area contributed by atoms with Crippen LogP contribution in [0.1, 0.15) is 56.3 Å². The Kier molecular flexibility index (Phi) is 8.06. The van der Waals surface area contributed by atoms with Crippen LogP contribution in [-0.4, -0.2) is 41.1 Å². The molecule has 0 radical (unpaired) electrons. The van der Waals surface area contributed by atoms with Crippen molar-refractivity contribution in [3.8, 4) is 11.5 Å². The molecule has 0 unspecified atom stereocenters. The molecule has 196 valence electrons. The Bertz CT molecular complexity index is 1230. The van der Waals surface area contributed by atoms with Gasteiger partial charge >= 0.3 is 6.03 Å². The molecule has 3 amide bonds. The van der Waals surface area contributed by atoms with Crippen LogP contribution in [0.5, 0.6) is 11.5 Å². The van der Waals surface area contributed by atoms with Crippen molar-refractivity contribution in [3.63, 3.8) is 0 Å². The number of aryl methyl sites for hydroxylation is 1. The van der Waals surface area contributed by atoms with E-state index < -0.39 is 0 Å². The summed E-state index contributed by atoms with van der Waals surface area (Å²) in [6.45, 7) is 10.6. The number of nitrogens with zero attached hydrogens (tertiary/aromatic N) is 2. The lowest BCUT2D eigenvalue weighted by Gasteiger charge is -2.30. The van der Waals surface area contributed by atoms with Gasteiger partial charge in [0.25, 0.3) is 0 Å². The fourth-order valence-corrected chi connectivity index (χ4v) is 4.13. The van der Waals surface area contributed by atoms with Crippen molar-refractivity contribution in [3.05, 3.63) is 77.2 Å². The first-order chi connectivity index (χ1) is 17.7. The van der Waals surface area contributed by atoms with Gasteiger partial charge in [-0.1, -0.05) is 32.0 Å². The summed E-state index contributed by atoms with van der Waals surface area (Å²) in [6.07, 6.45) is 0. The maximum absolute atomic E-state index is 13.6. The molecule has 8 nitrogen and oxygen atoms in total. The molecule has 0 atom stereocenters. The Balaban J connectivity index is 1.49. The number of benzene rings is 2. The quantitative estimate of drug-likeness (QED) is 0.391. The van der Waals surface area contributed by atoms with Crippen molar-refractivity contribution in [2.45, 2.75) is 59.7 Å². The van der Waals surface area contributed by atoms with Crippen LogP contribution < -0.4 is 14.8 Å². The number of carbonyl (C=O) groups excluding carboxylic acids is 2. The number of fused-ring (bicyclic) bond motifs is 1. The normalized spacial score (nSPS) is 12.2. The third kappa shape index (κ3) is 6.64. The second-order valence-corrected chi connectivity index (χ2v) is 9.88. The maximum Gasteiger partial charge on any atom is 0.322 e. The van der Waals surface area contributed by atoms with Gasteiger partial charge in [0, 0.05) is 18.3 Å². The highest BCUT2D eigenvalue weighted by atomic mass is 16.7. The third-order valence-corrected chi connectivity index (χ3v) is 6.32. The molecular weight excluding hydrogens is 470 g/mol. The predicted molar refractivity (Wildman–Crippen MR) is 142 cm³/mol. The monoisotopic (exact) mass is 505 g/mol. The lowest BCUT2D eigenvalue weighted by Crippen LogP contribution is -2.47. The van der Waals surface area contributed by atoms with Crippen LogP contribution in [0, 0.1) is 6.92 Å². The van der Waals surface area contributed by atoms with E-state index in [0.717, 1.165) is 11.3 Å². The van der Waals surface area contributed by atoms with E-state index in [1.807, 2.05) is 75.4 Å². The Morgan fingerprint density at radius 3 is 2.30 bits per heavy atom. The van der Waals surface area contributed by atoms with Crippen molar-refractivity contribution < 1.29 is 23.5 Å². The van der Waals surface area contributed by atoms with E-state index in [0.29, 0.717) is 35.4 Å². The summed E-state index contributed by atoms with van der Waals surface area (Å²) < 4.78 is 16.7. The van der Waals surface area contributed by atoms with Gasteiger partial charge in [0.15, 0.2) is 11.5 Å². The average Bonchev–Trinajstić information content (AvgIpc) is 3.50. The van der Waals surface area contributed by atoms with Crippen molar-refractivity contribution in [1.29, 1.82) is 0 Å². The maximum atomic E-state index is 13.6. The minimum absolute atomic E-state index is 0.0716. The van der Waals surface area contributed by atoms with Gasteiger partial charge in [-0.05, 0) is 74.2 Å². The predicted octanol–water partition coefficient (Wildman–Crippen LogP) is 5.91. The van der Waals surface area contributed by atoms with Gasteiger partial charge in [-0.2, -0.15) is 0 Å². The number of ether oxygens (including phenoxy) is 2. The van der Waals surface area contributed by atoms with Crippen LogP contribution in [0.15, 0.2) is 59.0 Å². The van der Waals surface area contributed by atoms with Gasteiger partial charge in [-0.25, -0.2) is 4.79 Å². The molecule has 0 spiro atoms. The lowest BCUT2D eigenvalue weighted by molar-refractivity contribution is -0.133. The molecule has 0 fully saturated rings. The molecule has 0 bridgehead atoms. The minimum Gasteiger partial charge on any atom is -0.464 e. The van der Waals surface area contributed by atoms with Gasteiger partial charge in [-0.3, -0.25) is 4.79 Å². The molecule has 3 aromatic rings. The number of hydrogen-bond donors (Lipinski definition) is 1. The topological polar surface area (TPSA) is 84.2 Å². The number of nitrogens with one attached hydrogen (secondary N) is 1. The molecule has 4 rings (SSSR count). The summed E-state index contributed by atoms with van der Waals surface area (Å²) in [5.74, 6) is 3.02. The molecular formula is C29H35N3O5. The van der Waals surface area contributed by atoms with E-state index in [1.54, 1.807) is 9.80 Å². The van der Waals surface area contributed by atoms with Gasteiger partial charge in [0.05, 0.1) is 6.54 Å². The summed E-state index contributed by atoms with van der Waals surface area (Å²) in [4.78, 5) is 30.0. The van der Waals surface area contributed by atoms with E-state index in [9.17, 15) is 9.59 Å². The molecule has 1 aliphatic rings. The zero-order chi connectivity index (χ0) is 26.5. The van der Waals surface area contributed by atoms with Crippen molar-refractivity contribution in [2.75, 3.05) is 18.7 Å². The SMILES string of the molecule is Cc1ccc(CN(Cc2ccc3c(c2)OCO3)C(=O)CN(C(=O)Nc2ccc(C(C)C)cc2)C(C)C)o1. The smallest absolute Gasteiger partial charge is 0.322 e. The van der Waals surface area contributed by atoms with Gasteiger partial charge < -0.3 is 29.0 Å². The number of urea groups is 1. The first-order valence-corrected chi connectivity index (χ1v) is 12.6. The average molecular weight is 506 g/mol. The van der Waals surface area contributed by atoms with E-state index in [2.05, 4.69) is 19.2 Å². The van der Waals surface area contributed by atoms with Crippen molar-refractivity contribution in [2.24, 2.45) is 0 Å². The molecule has 0 saturated carbocycles. The number of amides is 3. The van der Waals surface area contributed by atoms with E-state index >= 15 is 0 Å². The van der Waals surface area contributed by atoms with Gasteiger partial charge in [-0.15, -0.1) is 0 Å². The number of furan rings is 1. The fraction of sp³-hybridized carbons (Fsp3) is 0.379. The molecule has 1 aromatic heterocycles. The fourth-order valence-electron chi connectivity index (χ4n) is 4.13. The summed E-state index contributed by atoms with van der Waals surface area (Å²) in [5.41, 5.74) is 2.78. The standard InChI is InChI=1S/C29H35N3O5/c1-19(2)23-8-10-24(11-9-23)30-29(34)32(20(3)4)17-28(33)31(16-25-12-6-21(5)37-25)15-22-7-13-26-27(14-22)36-18-35-26/h6-14,19-20H,15-18H2,1-5H3,(H,30,34). The molecule has 1 aliphatic heterocycles. The Morgan fingerprint density at radius 1 is 0.919 bits per heavy atom. The second kappa shape index (κ2) is 11.4. The number of anilines is 1. The third-order valence-electron chi connectivity index (χ3n) is 6.32. The Morgan fingerprint density at radius 2 is 1.65 bits per heavy atom. The van der Waals surface area contributed by atoms with Crippen LogP contribution in [0.25, 0.3) is 0 Å². The van der Waals surface area contributed by atoms with E-state index in [4.69, 9.17) is 13.9 Å². The number of hydrogen-bond acceptors (Lipinski definition) is 5. The zero-order valence-electron chi connectivity index (χ0n) is 22.1. The zero-order valence-corrected chi connectivity index (χ0v) is 22.1. The molecule has 2 aromatic carbocycles. The summed E-state index contributed by atoms with van der Waals surface area (Å²) in [7, 11) is 0. The summed E-state index contributed by atoms with van der Waals surface area (Å²) in [6, 6.07) is 16.6. The number of rotatable bonds is 9. The first-order valence-electron chi connectivity index (χ1n) is 12.6. The minimum atomic E-state index is -0.322. The van der Waals surface area contributed by atoms with E-state index in [-0.39, 0.29) is 37.9 Å². The molecule has 2 heterocycles. The second-order valence-electron chi connectivity index (χ2n) is 9.88. The van der Waals surface area contributed by atoms with Crippen LogP contribution in [0.2, 0.25) is 0 Å². The first kappa shape index (κ1) is 26.1. The molecule has 37 heavy (non-hydrogen) atoms. The highest BCUT2D eigenvalue weighted by Gasteiger charge is 2.25. The highest BCUT2D eigenvalue weighted by Crippen LogP contribution is 2.33. The summed E-state index contributed by atoms with van der Waals surface area (Å²) >= 11 is 0. The highest BCUT2D eigenvalue weighted by molar-refractivity contribution is 5.92. The van der Waals surface area contributed by atoms with Crippen LogP contribution >= 0.6 is 0 Å². The van der Waals surface area contributed by atoms with Gasteiger partial charge in [0.2, 0.25) is 12.7 Å². The van der Waals surface area contributed by atoms with E-state index in [1.165, 1.54) is 5.56 Å². The Labute approximate surface area is 218 Å². The van der Waals surface area contributed by atoms with Crippen molar-refractivity contribution >= 4 is 17.6 Å².